The maximum atomic E-state index is 13.1. The number of rotatable bonds is 9. The first-order valence-electron chi connectivity index (χ1n) is 12.2. The van der Waals surface area contributed by atoms with Gasteiger partial charge in [0.1, 0.15) is 17.5 Å². The summed E-state index contributed by atoms with van der Waals surface area (Å²) < 4.78 is 16.0. The second-order valence-electron chi connectivity index (χ2n) is 9.58. The van der Waals surface area contributed by atoms with Gasteiger partial charge in [0.05, 0.1) is 23.2 Å². The molecule has 0 aliphatic heterocycles. The number of methoxy groups -OCH3 is 1. The smallest absolute Gasteiger partial charge is 0.339 e. The molecule has 37 heavy (non-hydrogen) atoms. The van der Waals surface area contributed by atoms with E-state index < -0.39 is 29.4 Å². The van der Waals surface area contributed by atoms with Gasteiger partial charge < -0.3 is 19.5 Å². The van der Waals surface area contributed by atoms with Gasteiger partial charge in [0.25, 0.3) is 11.6 Å². The van der Waals surface area contributed by atoms with Crippen molar-refractivity contribution in [2.45, 2.75) is 46.1 Å². The minimum atomic E-state index is -0.889. The highest BCUT2D eigenvalue weighted by Gasteiger charge is 2.34. The summed E-state index contributed by atoms with van der Waals surface area (Å²) >= 11 is 0. The molecule has 1 amide bonds. The van der Waals surface area contributed by atoms with Crippen molar-refractivity contribution in [1.82, 2.24) is 0 Å². The lowest BCUT2D eigenvalue weighted by Crippen LogP contribution is -2.36. The van der Waals surface area contributed by atoms with E-state index in [2.05, 4.69) is 26.1 Å². The monoisotopic (exact) mass is 512 g/mol. The summed E-state index contributed by atoms with van der Waals surface area (Å²) in [6.45, 7) is 5.63. The molecule has 0 radical (unpaired) electrons. The van der Waals surface area contributed by atoms with Crippen molar-refractivity contribution in [2.24, 2.45) is 17.8 Å². The van der Waals surface area contributed by atoms with Gasteiger partial charge in [-0.25, -0.2) is 9.59 Å². The minimum absolute atomic E-state index is 0.0300. The van der Waals surface area contributed by atoms with Gasteiger partial charge in [-0.3, -0.25) is 14.9 Å². The summed E-state index contributed by atoms with van der Waals surface area (Å²) in [6.07, 6.45) is 2.57. The lowest BCUT2D eigenvalue weighted by atomic mass is 9.75. The number of esters is 2. The van der Waals surface area contributed by atoms with Crippen molar-refractivity contribution in [3.8, 4) is 5.75 Å². The van der Waals surface area contributed by atoms with Crippen molar-refractivity contribution in [2.75, 3.05) is 19.0 Å². The van der Waals surface area contributed by atoms with Gasteiger partial charge in [0.2, 0.25) is 0 Å². The number of nitro benzene ring substituents is 1. The Hall–Kier alpha value is -3.95. The third kappa shape index (κ3) is 7.05. The number of carbonyl (C=O) groups excluding carboxylic acids is 3. The quantitative estimate of drug-likeness (QED) is 0.281. The Morgan fingerprint density at radius 3 is 2.38 bits per heavy atom. The topological polar surface area (TPSA) is 134 Å². The van der Waals surface area contributed by atoms with Crippen molar-refractivity contribution in [1.29, 1.82) is 0 Å². The molecule has 0 aromatic heterocycles. The highest BCUT2D eigenvalue weighted by molar-refractivity contribution is 6.04. The van der Waals surface area contributed by atoms with Crippen molar-refractivity contribution < 1.29 is 33.5 Å². The Morgan fingerprint density at radius 1 is 1.08 bits per heavy atom. The van der Waals surface area contributed by atoms with Crippen LogP contribution < -0.4 is 10.1 Å². The Balaban J connectivity index is 1.68. The van der Waals surface area contributed by atoms with Crippen LogP contribution in [0, 0.1) is 27.9 Å². The first-order valence-corrected chi connectivity index (χ1v) is 12.2. The number of benzene rings is 2. The Bertz CT molecular complexity index is 1160. The van der Waals surface area contributed by atoms with Crippen LogP contribution in [0.3, 0.4) is 0 Å². The van der Waals surface area contributed by atoms with Crippen LogP contribution in [0.5, 0.6) is 5.75 Å². The number of amides is 1. The SMILES string of the molecule is COc1ccc([N+](=O)[O-])c(NC(=O)COC(=O)c2ccccc2C(=O)O[C@@H]2C[C@@H](C)CC[C@@H]2C(C)C)c1. The van der Waals surface area contributed by atoms with Crippen molar-refractivity contribution >= 4 is 29.2 Å². The third-order valence-corrected chi connectivity index (χ3v) is 6.60. The van der Waals surface area contributed by atoms with Gasteiger partial charge in [-0.1, -0.05) is 39.3 Å². The molecule has 3 rings (SSSR count). The highest BCUT2D eigenvalue weighted by Crippen LogP contribution is 2.36. The van der Waals surface area contributed by atoms with E-state index in [-0.39, 0.29) is 34.5 Å². The maximum absolute atomic E-state index is 13.1. The second kappa shape index (κ2) is 12.3. The number of carbonyl (C=O) groups is 3. The number of ether oxygens (including phenoxy) is 3. The Morgan fingerprint density at radius 2 is 1.76 bits per heavy atom. The second-order valence-corrected chi connectivity index (χ2v) is 9.58. The maximum Gasteiger partial charge on any atom is 0.339 e. The van der Waals surface area contributed by atoms with Crippen molar-refractivity contribution in [3.05, 3.63) is 63.7 Å². The zero-order valence-corrected chi connectivity index (χ0v) is 21.4. The Labute approximate surface area is 215 Å². The van der Waals surface area contributed by atoms with E-state index in [9.17, 15) is 24.5 Å². The van der Waals surface area contributed by atoms with Gasteiger partial charge >= 0.3 is 11.9 Å². The number of nitrogens with zero attached hydrogens (tertiary/aromatic N) is 1. The molecule has 10 nitrogen and oxygen atoms in total. The number of nitro groups is 1. The number of nitrogens with one attached hydrogen (secondary N) is 1. The molecule has 1 saturated carbocycles. The molecule has 10 heteroatoms. The van der Waals surface area contributed by atoms with E-state index in [1.54, 1.807) is 12.1 Å². The van der Waals surface area contributed by atoms with Gasteiger partial charge in [-0.2, -0.15) is 0 Å². The molecular weight excluding hydrogens is 480 g/mol. The number of hydrogen-bond donors (Lipinski definition) is 1. The molecule has 1 N–H and O–H groups in total. The average Bonchev–Trinajstić information content (AvgIpc) is 2.86. The molecule has 0 heterocycles. The predicted molar refractivity (Wildman–Crippen MR) is 136 cm³/mol. The van der Waals surface area contributed by atoms with Crippen LogP contribution in [0.15, 0.2) is 42.5 Å². The number of anilines is 1. The summed E-state index contributed by atoms with van der Waals surface area (Å²) in [4.78, 5) is 48.8. The zero-order valence-electron chi connectivity index (χ0n) is 21.4. The average molecular weight is 513 g/mol. The lowest BCUT2D eigenvalue weighted by molar-refractivity contribution is -0.383. The molecule has 1 aliphatic carbocycles. The van der Waals surface area contributed by atoms with E-state index in [4.69, 9.17) is 14.2 Å². The molecule has 0 saturated heterocycles. The van der Waals surface area contributed by atoms with Crippen LogP contribution in [0.1, 0.15) is 60.7 Å². The van der Waals surface area contributed by atoms with Crippen LogP contribution >= 0.6 is 0 Å². The first-order chi connectivity index (χ1) is 17.6. The summed E-state index contributed by atoms with van der Waals surface area (Å²) in [5, 5.41) is 13.6. The standard InChI is InChI=1S/C27H32N2O8/c1-16(2)19-11-9-17(3)13-24(19)37-27(32)21-8-6-5-7-20(21)26(31)36-15-25(30)28-22-14-18(35-4)10-12-23(22)29(33)34/h5-8,10,12,14,16-17,19,24H,9,11,13,15H2,1-4H3,(H,28,30)/t17-,19+,24+/m0/s1. The van der Waals surface area contributed by atoms with E-state index in [0.717, 1.165) is 19.3 Å². The molecule has 2 aromatic carbocycles. The van der Waals surface area contributed by atoms with Crippen LogP contribution in [-0.2, 0) is 14.3 Å². The van der Waals surface area contributed by atoms with E-state index in [1.807, 2.05) is 0 Å². The third-order valence-electron chi connectivity index (χ3n) is 6.60. The van der Waals surface area contributed by atoms with Crippen LogP contribution in [-0.4, -0.2) is 42.6 Å². The fourth-order valence-electron chi connectivity index (χ4n) is 4.59. The van der Waals surface area contributed by atoms with Gasteiger partial charge in [0, 0.05) is 12.1 Å². The van der Waals surface area contributed by atoms with E-state index >= 15 is 0 Å². The Kier molecular flexibility index (Phi) is 9.21. The fourth-order valence-corrected chi connectivity index (χ4v) is 4.59. The molecule has 198 valence electrons. The summed E-state index contributed by atoms with van der Waals surface area (Å²) in [6, 6.07) is 9.97. The zero-order chi connectivity index (χ0) is 27.1. The highest BCUT2D eigenvalue weighted by atomic mass is 16.6. The van der Waals surface area contributed by atoms with Crippen LogP contribution in [0.2, 0.25) is 0 Å². The molecule has 0 spiro atoms. The molecule has 1 fully saturated rings. The largest absolute Gasteiger partial charge is 0.497 e. The van der Waals surface area contributed by atoms with Gasteiger partial charge in [-0.15, -0.1) is 0 Å². The van der Waals surface area contributed by atoms with Crippen LogP contribution in [0.4, 0.5) is 11.4 Å². The molecule has 0 bridgehead atoms. The van der Waals surface area contributed by atoms with Gasteiger partial charge in [0.15, 0.2) is 6.61 Å². The molecule has 0 unspecified atom stereocenters. The summed E-state index contributed by atoms with van der Waals surface area (Å²) in [7, 11) is 1.38. The predicted octanol–water partition coefficient (Wildman–Crippen LogP) is 5.02. The lowest BCUT2D eigenvalue weighted by Gasteiger charge is -2.36. The molecule has 1 aliphatic rings. The van der Waals surface area contributed by atoms with E-state index in [0.29, 0.717) is 17.6 Å². The van der Waals surface area contributed by atoms with Crippen molar-refractivity contribution in [3.63, 3.8) is 0 Å². The first kappa shape index (κ1) is 27.6. The summed E-state index contributed by atoms with van der Waals surface area (Å²) in [5.74, 6) is -0.966. The molecule has 3 atom stereocenters. The summed E-state index contributed by atoms with van der Waals surface area (Å²) in [5.41, 5.74) is -0.421. The van der Waals surface area contributed by atoms with Crippen LogP contribution in [0.25, 0.3) is 0 Å². The molecular formula is C27H32N2O8. The fraction of sp³-hybridized carbons (Fsp3) is 0.444. The van der Waals surface area contributed by atoms with E-state index in [1.165, 1.54) is 37.4 Å². The van der Waals surface area contributed by atoms with Gasteiger partial charge in [-0.05, 0) is 48.8 Å². The normalized spacial score (nSPS) is 19.1. The minimum Gasteiger partial charge on any atom is -0.497 e. The molecule has 2 aromatic rings. The number of hydrogen-bond acceptors (Lipinski definition) is 8.